The second-order valence-corrected chi connectivity index (χ2v) is 7.95. The molecule has 0 saturated heterocycles. The molecule has 0 aliphatic heterocycles. The molecule has 1 aromatic carbocycles. The molecule has 2 aromatic heterocycles. The van der Waals surface area contributed by atoms with Crippen molar-refractivity contribution in [2.75, 3.05) is 14.2 Å². The first-order valence-corrected chi connectivity index (χ1v) is 9.63. The van der Waals surface area contributed by atoms with Crippen LogP contribution in [0.3, 0.4) is 0 Å². The van der Waals surface area contributed by atoms with Gasteiger partial charge in [0.1, 0.15) is 4.83 Å². The summed E-state index contributed by atoms with van der Waals surface area (Å²) in [5.41, 5.74) is 2.18. The maximum Gasteiger partial charge on any atom is 0.262 e. The average molecular weight is 421 g/mol. The molecule has 2 heterocycles. The molecular formula is C18H17BrN2O3S. The number of rotatable bonds is 4. The Morgan fingerprint density at radius 2 is 2.00 bits per heavy atom. The lowest BCUT2D eigenvalue weighted by Gasteiger charge is -2.13. The maximum absolute atomic E-state index is 13.0. The number of hydrogen-bond donors (Lipinski definition) is 0. The Morgan fingerprint density at radius 1 is 1.24 bits per heavy atom. The van der Waals surface area contributed by atoms with Gasteiger partial charge in [-0.1, -0.05) is 15.9 Å². The first-order valence-electron chi connectivity index (χ1n) is 8.02. The fourth-order valence-electron chi connectivity index (χ4n) is 3.33. The number of halogens is 1. The van der Waals surface area contributed by atoms with Crippen LogP contribution in [0.5, 0.6) is 11.5 Å². The van der Waals surface area contributed by atoms with Crippen LogP contribution in [-0.4, -0.2) is 23.8 Å². The monoisotopic (exact) mass is 420 g/mol. The third kappa shape index (κ3) is 2.75. The Balaban J connectivity index is 1.79. The largest absolute Gasteiger partial charge is 0.493 e. The first-order chi connectivity index (χ1) is 12.1. The molecule has 130 valence electrons. The smallest absolute Gasteiger partial charge is 0.262 e. The summed E-state index contributed by atoms with van der Waals surface area (Å²) >= 11 is 5.22. The van der Waals surface area contributed by atoms with Crippen LogP contribution in [0, 0.1) is 0 Å². The number of benzene rings is 1. The minimum atomic E-state index is 0.0334. The summed E-state index contributed by atoms with van der Waals surface area (Å²) in [4.78, 5) is 19.7. The lowest BCUT2D eigenvalue weighted by atomic mass is 10.2. The molecule has 0 saturated carbocycles. The molecular weight excluding hydrogens is 404 g/mol. The van der Waals surface area contributed by atoms with Gasteiger partial charge in [-0.05, 0) is 42.5 Å². The van der Waals surface area contributed by atoms with E-state index in [9.17, 15) is 4.79 Å². The van der Waals surface area contributed by atoms with E-state index in [4.69, 9.17) is 9.47 Å². The molecule has 7 heteroatoms. The lowest BCUT2D eigenvalue weighted by molar-refractivity contribution is 0.354. The van der Waals surface area contributed by atoms with Crippen molar-refractivity contribution >= 4 is 37.5 Å². The van der Waals surface area contributed by atoms with Crippen LogP contribution < -0.4 is 15.0 Å². The number of hydrogen-bond acceptors (Lipinski definition) is 5. The highest BCUT2D eigenvalue weighted by molar-refractivity contribution is 9.10. The number of methoxy groups -OCH3 is 2. The number of aryl methyl sites for hydroxylation is 2. The van der Waals surface area contributed by atoms with Crippen LogP contribution in [0.4, 0.5) is 0 Å². The van der Waals surface area contributed by atoms with Gasteiger partial charge >= 0.3 is 0 Å². The summed E-state index contributed by atoms with van der Waals surface area (Å²) in [6.45, 7) is 0.424. The van der Waals surface area contributed by atoms with Crippen molar-refractivity contribution < 1.29 is 9.47 Å². The van der Waals surface area contributed by atoms with Gasteiger partial charge < -0.3 is 9.47 Å². The quantitative estimate of drug-likeness (QED) is 0.644. The minimum absolute atomic E-state index is 0.0334. The second kappa shape index (κ2) is 6.46. The van der Waals surface area contributed by atoms with E-state index in [-0.39, 0.29) is 5.56 Å². The van der Waals surface area contributed by atoms with E-state index in [1.54, 1.807) is 36.5 Å². The molecule has 0 spiro atoms. The molecule has 1 aliphatic carbocycles. The first kappa shape index (κ1) is 16.6. The Labute approximate surface area is 157 Å². The molecule has 0 atom stereocenters. The maximum atomic E-state index is 13.0. The van der Waals surface area contributed by atoms with E-state index in [1.807, 2.05) is 12.1 Å². The van der Waals surface area contributed by atoms with E-state index in [1.165, 1.54) is 10.4 Å². The van der Waals surface area contributed by atoms with Crippen LogP contribution in [-0.2, 0) is 19.4 Å². The number of nitrogens with zero attached hydrogens (tertiary/aromatic N) is 2. The zero-order valence-electron chi connectivity index (χ0n) is 14.0. The van der Waals surface area contributed by atoms with Gasteiger partial charge in [0.05, 0.1) is 32.5 Å². The topological polar surface area (TPSA) is 53.4 Å². The number of thiophene rings is 1. The average Bonchev–Trinajstić information content (AvgIpc) is 3.19. The molecule has 25 heavy (non-hydrogen) atoms. The highest BCUT2D eigenvalue weighted by Gasteiger charge is 2.21. The summed E-state index contributed by atoms with van der Waals surface area (Å²) in [5.74, 6) is 1.29. The van der Waals surface area contributed by atoms with Gasteiger partial charge in [0.25, 0.3) is 5.56 Å². The second-order valence-electron chi connectivity index (χ2n) is 6.01. The summed E-state index contributed by atoms with van der Waals surface area (Å²) in [5, 5.41) is 0.802. The normalized spacial score (nSPS) is 13.2. The van der Waals surface area contributed by atoms with Crippen LogP contribution in [0.15, 0.2) is 27.7 Å². The van der Waals surface area contributed by atoms with Crippen molar-refractivity contribution in [1.29, 1.82) is 0 Å². The molecule has 1 aliphatic rings. The summed E-state index contributed by atoms with van der Waals surface area (Å²) in [6, 6.07) is 3.74. The highest BCUT2D eigenvalue weighted by Crippen LogP contribution is 2.35. The SMILES string of the molecule is COc1cc(Br)c(Cn2cnc3sc4c(c3c2=O)CCC4)cc1OC. The minimum Gasteiger partial charge on any atom is -0.493 e. The van der Waals surface area contributed by atoms with Crippen LogP contribution >= 0.6 is 27.3 Å². The van der Waals surface area contributed by atoms with Gasteiger partial charge in [0, 0.05) is 9.35 Å². The molecule has 0 amide bonds. The molecule has 0 unspecified atom stereocenters. The Bertz CT molecular complexity index is 1030. The standard InChI is InChI=1S/C18H17BrN2O3S/c1-23-13-6-10(12(19)7-14(13)24-2)8-21-9-20-17-16(18(21)22)11-4-3-5-15(11)25-17/h6-7,9H,3-5,8H2,1-2H3. The van der Waals surface area contributed by atoms with Gasteiger partial charge in [-0.2, -0.15) is 0 Å². The zero-order valence-corrected chi connectivity index (χ0v) is 16.4. The van der Waals surface area contributed by atoms with Crippen LogP contribution in [0.2, 0.25) is 0 Å². The van der Waals surface area contributed by atoms with Gasteiger partial charge in [0.2, 0.25) is 0 Å². The lowest BCUT2D eigenvalue weighted by Crippen LogP contribution is -2.21. The Hall–Kier alpha value is -1.86. The van der Waals surface area contributed by atoms with Crippen molar-refractivity contribution in [2.45, 2.75) is 25.8 Å². The van der Waals surface area contributed by atoms with E-state index in [0.29, 0.717) is 18.0 Å². The van der Waals surface area contributed by atoms with Crippen molar-refractivity contribution in [2.24, 2.45) is 0 Å². The van der Waals surface area contributed by atoms with Gasteiger partial charge in [0.15, 0.2) is 11.5 Å². The number of aromatic nitrogens is 2. The van der Waals surface area contributed by atoms with Gasteiger partial charge in [-0.25, -0.2) is 4.98 Å². The van der Waals surface area contributed by atoms with Crippen LogP contribution in [0.25, 0.3) is 10.2 Å². The van der Waals surface area contributed by atoms with E-state index in [2.05, 4.69) is 20.9 Å². The number of fused-ring (bicyclic) bond motifs is 3. The summed E-state index contributed by atoms with van der Waals surface area (Å²) in [7, 11) is 3.20. The Morgan fingerprint density at radius 3 is 2.76 bits per heavy atom. The third-order valence-electron chi connectivity index (χ3n) is 4.59. The fraction of sp³-hybridized carbons (Fsp3) is 0.333. The molecule has 5 nitrogen and oxygen atoms in total. The molecule has 0 N–H and O–H groups in total. The van der Waals surface area contributed by atoms with Gasteiger partial charge in [-0.3, -0.25) is 9.36 Å². The third-order valence-corrected chi connectivity index (χ3v) is 6.52. The molecule has 0 radical (unpaired) electrons. The van der Waals surface area contributed by atoms with E-state index < -0.39 is 0 Å². The van der Waals surface area contributed by atoms with Crippen LogP contribution in [0.1, 0.15) is 22.4 Å². The van der Waals surface area contributed by atoms with Crippen molar-refractivity contribution in [3.05, 3.63) is 49.3 Å². The molecule has 0 fully saturated rings. The molecule has 4 rings (SSSR count). The number of ether oxygens (including phenoxy) is 2. The Kier molecular flexibility index (Phi) is 4.29. The zero-order chi connectivity index (χ0) is 17.6. The van der Waals surface area contributed by atoms with Crippen molar-refractivity contribution in [3.8, 4) is 11.5 Å². The van der Waals surface area contributed by atoms with Gasteiger partial charge in [-0.15, -0.1) is 11.3 Å². The fourth-order valence-corrected chi connectivity index (χ4v) is 5.00. The molecule has 3 aromatic rings. The molecule has 0 bridgehead atoms. The predicted molar refractivity (Wildman–Crippen MR) is 102 cm³/mol. The highest BCUT2D eigenvalue weighted by atomic mass is 79.9. The van der Waals surface area contributed by atoms with E-state index >= 15 is 0 Å². The van der Waals surface area contributed by atoms with Crippen molar-refractivity contribution in [1.82, 2.24) is 9.55 Å². The van der Waals surface area contributed by atoms with Crippen molar-refractivity contribution in [3.63, 3.8) is 0 Å². The summed E-state index contributed by atoms with van der Waals surface area (Å²) < 4.78 is 13.2. The summed E-state index contributed by atoms with van der Waals surface area (Å²) in [6.07, 6.45) is 4.82. The van der Waals surface area contributed by atoms with E-state index in [0.717, 1.165) is 39.5 Å². The predicted octanol–water partition coefficient (Wildman–Crippen LogP) is 3.77.